The topological polar surface area (TPSA) is 73.6 Å². The van der Waals surface area contributed by atoms with E-state index in [4.69, 9.17) is 15.2 Å². The van der Waals surface area contributed by atoms with Gasteiger partial charge in [0.25, 0.3) is 5.91 Å². The Morgan fingerprint density at radius 2 is 2.12 bits per heavy atom. The number of carbonyl (C=O) groups is 1. The monoisotopic (exact) mass is 232 g/mol. The first-order valence-corrected chi connectivity index (χ1v) is 5.58. The van der Waals surface area contributed by atoms with Gasteiger partial charge in [-0.2, -0.15) is 0 Å². The highest BCUT2D eigenvalue weighted by molar-refractivity contribution is 5.84. The number of hydrogen-bond donors (Lipinski definition) is 2. The lowest BCUT2D eigenvalue weighted by Crippen LogP contribution is -2.46. The molecule has 2 atom stereocenters. The average Bonchev–Trinajstić information content (AvgIpc) is 2.28. The minimum absolute atomic E-state index is 0.0410. The number of amides is 1. The molecule has 3 N–H and O–H groups in total. The van der Waals surface area contributed by atoms with Crippen LogP contribution in [-0.4, -0.2) is 44.9 Å². The predicted octanol–water partition coefficient (Wildman–Crippen LogP) is 0.282. The van der Waals surface area contributed by atoms with E-state index >= 15 is 0 Å². The molecule has 5 heteroatoms. The maximum atomic E-state index is 11.8. The Hall–Kier alpha value is -0.650. The summed E-state index contributed by atoms with van der Waals surface area (Å²) in [5.74, 6) is -0.0953. The molecular formula is C11H24N2O3. The SMILES string of the molecule is CCC(C)(OC)C(=O)NCCC(N)COC. The van der Waals surface area contributed by atoms with Crippen molar-refractivity contribution in [2.24, 2.45) is 5.73 Å². The Kier molecular flexibility index (Phi) is 7.29. The molecule has 2 unspecified atom stereocenters. The average molecular weight is 232 g/mol. The second kappa shape index (κ2) is 7.60. The number of hydrogen-bond acceptors (Lipinski definition) is 4. The largest absolute Gasteiger partial charge is 0.383 e. The second-order valence-electron chi connectivity index (χ2n) is 4.05. The molecule has 0 saturated heterocycles. The number of nitrogens with two attached hydrogens (primary N) is 1. The second-order valence-corrected chi connectivity index (χ2v) is 4.05. The molecule has 0 spiro atoms. The smallest absolute Gasteiger partial charge is 0.251 e. The van der Waals surface area contributed by atoms with Gasteiger partial charge in [0.15, 0.2) is 0 Å². The highest BCUT2D eigenvalue weighted by Crippen LogP contribution is 2.13. The molecule has 0 bridgehead atoms. The van der Waals surface area contributed by atoms with Crippen molar-refractivity contribution in [1.29, 1.82) is 0 Å². The van der Waals surface area contributed by atoms with Crippen molar-refractivity contribution < 1.29 is 14.3 Å². The van der Waals surface area contributed by atoms with E-state index in [1.807, 2.05) is 6.92 Å². The van der Waals surface area contributed by atoms with Gasteiger partial charge in [0.2, 0.25) is 0 Å². The molecule has 5 nitrogen and oxygen atoms in total. The van der Waals surface area contributed by atoms with Crippen molar-refractivity contribution in [3.05, 3.63) is 0 Å². The van der Waals surface area contributed by atoms with Gasteiger partial charge in [0.05, 0.1) is 6.61 Å². The first-order chi connectivity index (χ1) is 7.50. The molecule has 0 fully saturated rings. The summed E-state index contributed by atoms with van der Waals surface area (Å²) < 4.78 is 10.1. The summed E-state index contributed by atoms with van der Waals surface area (Å²) in [7, 11) is 3.15. The van der Waals surface area contributed by atoms with E-state index in [1.54, 1.807) is 21.1 Å². The summed E-state index contributed by atoms with van der Waals surface area (Å²) in [5.41, 5.74) is 4.99. The van der Waals surface area contributed by atoms with E-state index < -0.39 is 5.60 Å². The van der Waals surface area contributed by atoms with Crippen LogP contribution in [-0.2, 0) is 14.3 Å². The fourth-order valence-electron chi connectivity index (χ4n) is 1.25. The molecule has 0 rings (SSSR count). The molecule has 0 aromatic carbocycles. The van der Waals surface area contributed by atoms with Crippen molar-refractivity contribution in [2.45, 2.75) is 38.3 Å². The van der Waals surface area contributed by atoms with Gasteiger partial charge in [-0.25, -0.2) is 0 Å². The van der Waals surface area contributed by atoms with E-state index in [0.29, 0.717) is 26.0 Å². The molecule has 0 aliphatic heterocycles. The quantitative estimate of drug-likeness (QED) is 0.630. The van der Waals surface area contributed by atoms with Gasteiger partial charge in [0, 0.05) is 26.8 Å². The van der Waals surface area contributed by atoms with Crippen LogP contribution in [0.1, 0.15) is 26.7 Å². The number of carbonyl (C=O) groups excluding carboxylic acids is 1. The molecule has 16 heavy (non-hydrogen) atoms. The first kappa shape index (κ1) is 15.3. The number of nitrogens with one attached hydrogen (secondary N) is 1. The number of rotatable bonds is 8. The third-order valence-corrected chi connectivity index (χ3v) is 2.79. The van der Waals surface area contributed by atoms with Crippen LogP contribution < -0.4 is 11.1 Å². The molecule has 0 aliphatic rings. The first-order valence-electron chi connectivity index (χ1n) is 5.58. The molecular weight excluding hydrogens is 208 g/mol. The summed E-state index contributed by atoms with van der Waals surface area (Å²) in [6.07, 6.45) is 1.34. The number of methoxy groups -OCH3 is 2. The van der Waals surface area contributed by atoms with Crippen LogP contribution in [0.4, 0.5) is 0 Å². The van der Waals surface area contributed by atoms with Crippen LogP contribution in [0.5, 0.6) is 0 Å². The van der Waals surface area contributed by atoms with Gasteiger partial charge in [-0.15, -0.1) is 0 Å². The van der Waals surface area contributed by atoms with Crippen molar-refractivity contribution in [3.63, 3.8) is 0 Å². The Balaban J connectivity index is 3.89. The molecule has 0 aromatic rings. The van der Waals surface area contributed by atoms with Gasteiger partial charge >= 0.3 is 0 Å². The Labute approximate surface area is 97.7 Å². The maximum Gasteiger partial charge on any atom is 0.251 e. The van der Waals surface area contributed by atoms with E-state index in [-0.39, 0.29) is 11.9 Å². The maximum absolute atomic E-state index is 11.8. The minimum atomic E-state index is -0.745. The zero-order valence-electron chi connectivity index (χ0n) is 10.7. The van der Waals surface area contributed by atoms with Crippen molar-refractivity contribution >= 4 is 5.91 Å². The lowest BCUT2D eigenvalue weighted by Gasteiger charge is -2.25. The van der Waals surface area contributed by atoms with Crippen molar-refractivity contribution in [1.82, 2.24) is 5.32 Å². The normalized spacial score (nSPS) is 16.6. The third-order valence-electron chi connectivity index (χ3n) is 2.79. The molecule has 0 heterocycles. The Morgan fingerprint density at radius 3 is 2.56 bits per heavy atom. The number of ether oxygens (including phenoxy) is 2. The third kappa shape index (κ3) is 4.92. The van der Waals surface area contributed by atoms with Gasteiger partial charge in [-0.05, 0) is 19.8 Å². The van der Waals surface area contributed by atoms with E-state index in [1.165, 1.54) is 0 Å². The fourth-order valence-corrected chi connectivity index (χ4v) is 1.25. The molecule has 0 radical (unpaired) electrons. The van der Waals surface area contributed by atoms with Crippen LogP contribution in [0, 0.1) is 0 Å². The summed E-state index contributed by atoms with van der Waals surface area (Å²) in [4.78, 5) is 11.8. The molecule has 0 aliphatic carbocycles. The van der Waals surface area contributed by atoms with Crippen LogP contribution >= 0.6 is 0 Å². The zero-order valence-corrected chi connectivity index (χ0v) is 10.7. The van der Waals surface area contributed by atoms with Crippen LogP contribution in [0.25, 0.3) is 0 Å². The van der Waals surface area contributed by atoms with Crippen LogP contribution in [0.15, 0.2) is 0 Å². The standard InChI is InChI=1S/C11H24N2O3/c1-5-11(2,16-4)10(14)13-7-6-9(12)8-15-3/h9H,5-8,12H2,1-4H3,(H,13,14). The molecule has 96 valence electrons. The Bertz CT molecular complexity index is 205. The molecule has 0 saturated carbocycles. The highest BCUT2D eigenvalue weighted by Gasteiger charge is 2.30. The zero-order chi connectivity index (χ0) is 12.6. The predicted molar refractivity (Wildman–Crippen MR) is 63.2 cm³/mol. The highest BCUT2D eigenvalue weighted by atomic mass is 16.5. The van der Waals surface area contributed by atoms with E-state index in [9.17, 15) is 4.79 Å². The van der Waals surface area contributed by atoms with Crippen LogP contribution in [0.2, 0.25) is 0 Å². The van der Waals surface area contributed by atoms with Gasteiger partial charge in [-0.3, -0.25) is 4.79 Å². The van der Waals surface area contributed by atoms with Gasteiger partial charge in [-0.1, -0.05) is 6.92 Å². The van der Waals surface area contributed by atoms with E-state index in [0.717, 1.165) is 0 Å². The summed E-state index contributed by atoms with van der Waals surface area (Å²) in [5, 5.41) is 2.81. The fraction of sp³-hybridized carbons (Fsp3) is 0.909. The molecule has 0 aromatic heterocycles. The minimum Gasteiger partial charge on any atom is -0.383 e. The lowest BCUT2D eigenvalue weighted by atomic mass is 10.0. The van der Waals surface area contributed by atoms with E-state index in [2.05, 4.69) is 5.32 Å². The summed E-state index contributed by atoms with van der Waals surface area (Å²) >= 11 is 0. The van der Waals surface area contributed by atoms with Crippen molar-refractivity contribution in [3.8, 4) is 0 Å². The van der Waals surface area contributed by atoms with Crippen molar-refractivity contribution in [2.75, 3.05) is 27.4 Å². The van der Waals surface area contributed by atoms with Crippen LogP contribution in [0.3, 0.4) is 0 Å². The van der Waals surface area contributed by atoms with Gasteiger partial charge < -0.3 is 20.5 Å². The summed E-state index contributed by atoms with van der Waals surface area (Å²) in [6.45, 7) is 4.74. The lowest BCUT2D eigenvalue weighted by molar-refractivity contribution is -0.141. The molecule has 1 amide bonds. The summed E-state index contributed by atoms with van der Waals surface area (Å²) in [6, 6.07) is -0.0410. The Morgan fingerprint density at radius 1 is 1.50 bits per heavy atom. The van der Waals surface area contributed by atoms with Gasteiger partial charge in [0.1, 0.15) is 5.60 Å².